The first kappa shape index (κ1) is 20.2. The lowest BCUT2D eigenvalue weighted by atomic mass is 10.1. The third kappa shape index (κ3) is 3.21. The molecule has 156 valence electrons. The van der Waals surface area contributed by atoms with E-state index in [2.05, 4.69) is 6.07 Å². The van der Waals surface area contributed by atoms with Gasteiger partial charge >= 0.3 is 6.18 Å². The highest BCUT2D eigenvalue weighted by Crippen LogP contribution is 2.45. The lowest BCUT2D eigenvalue weighted by molar-refractivity contribution is -0.137. The molecule has 4 rings (SSSR count). The molecule has 1 atom stereocenters. The second kappa shape index (κ2) is 7.00. The van der Waals surface area contributed by atoms with E-state index in [1.807, 2.05) is 16.7 Å². The van der Waals surface area contributed by atoms with E-state index in [4.69, 9.17) is 0 Å². The Morgan fingerprint density at radius 1 is 1.24 bits per heavy atom. The molecule has 1 aliphatic carbocycles. The maximum atomic E-state index is 13.2. The van der Waals surface area contributed by atoms with Gasteiger partial charge in [0.15, 0.2) is 11.1 Å². The molecule has 1 N–H and O–H groups in total. The molecule has 0 bridgehead atoms. The number of fused-ring (bicyclic) bond motifs is 1. The molecule has 6 nitrogen and oxygen atoms in total. The number of hydrogen-bond donors (Lipinski definition) is 1. The molecule has 10 heteroatoms. The molecule has 2 aliphatic rings. The van der Waals surface area contributed by atoms with Crippen LogP contribution in [0.25, 0.3) is 10.9 Å². The van der Waals surface area contributed by atoms with Crippen LogP contribution in [0.4, 0.5) is 19.0 Å². The summed E-state index contributed by atoms with van der Waals surface area (Å²) < 4.78 is 62.6. The number of nitriles is 1. The van der Waals surface area contributed by atoms with Crippen LogP contribution < -0.4 is 4.90 Å². The molecule has 1 saturated heterocycles. The van der Waals surface area contributed by atoms with Crippen molar-refractivity contribution in [3.05, 3.63) is 29.3 Å². The van der Waals surface area contributed by atoms with Crippen LogP contribution >= 0.6 is 0 Å². The molecule has 2 heterocycles. The first-order valence-corrected chi connectivity index (χ1v) is 10.6. The Hall–Kier alpha value is -2.09. The number of halogens is 3. The summed E-state index contributed by atoms with van der Waals surface area (Å²) in [4.78, 5) is 3.37. The Kier molecular flexibility index (Phi) is 4.88. The third-order valence-electron chi connectivity index (χ3n) is 5.95. The third-order valence-corrected chi connectivity index (χ3v) is 7.27. The zero-order chi connectivity index (χ0) is 21.0. The van der Waals surface area contributed by atoms with Crippen molar-refractivity contribution < 1.29 is 21.9 Å². The quantitative estimate of drug-likeness (QED) is 0.759. The van der Waals surface area contributed by atoms with Gasteiger partial charge in [0.25, 0.3) is 0 Å². The van der Waals surface area contributed by atoms with Crippen molar-refractivity contribution in [2.75, 3.05) is 31.1 Å². The number of piperazine rings is 1. The van der Waals surface area contributed by atoms with Crippen LogP contribution in [0.5, 0.6) is 0 Å². The summed E-state index contributed by atoms with van der Waals surface area (Å²) in [7, 11) is 0. The van der Waals surface area contributed by atoms with Crippen LogP contribution in [0, 0.1) is 11.3 Å². The van der Waals surface area contributed by atoms with E-state index in [0.717, 1.165) is 12.1 Å². The standard InChI is InChI=1S/C19H21F3N4O2S/c1-2-26-16-11-13(19(20,21)22)3-4-14(16)15(12-23)17(26)24-7-9-25(10-8-24)18(5-6-18)29(27)28/h3-4,11H,2,5-10H2,1H3,(H,27,28). The maximum Gasteiger partial charge on any atom is 0.416 e. The largest absolute Gasteiger partial charge is 0.416 e. The summed E-state index contributed by atoms with van der Waals surface area (Å²) in [5.41, 5.74) is 0.0292. The number of nitrogens with zero attached hydrogens (tertiary/aromatic N) is 4. The van der Waals surface area contributed by atoms with Gasteiger partial charge in [-0.15, -0.1) is 0 Å². The summed E-state index contributed by atoms with van der Waals surface area (Å²) in [6, 6.07) is 5.66. The minimum atomic E-state index is -4.45. The molecule has 2 aromatic rings. The minimum absolute atomic E-state index is 0.371. The fraction of sp³-hybridized carbons (Fsp3) is 0.526. The van der Waals surface area contributed by atoms with Crippen LogP contribution in [-0.4, -0.2) is 49.3 Å². The summed E-state index contributed by atoms with van der Waals surface area (Å²) >= 11 is -1.91. The number of benzene rings is 1. The monoisotopic (exact) mass is 426 g/mol. The van der Waals surface area contributed by atoms with Gasteiger partial charge < -0.3 is 14.0 Å². The first-order chi connectivity index (χ1) is 13.7. The number of rotatable bonds is 4. The fourth-order valence-electron chi connectivity index (χ4n) is 4.31. The second-order valence-electron chi connectivity index (χ2n) is 7.45. The number of anilines is 1. The van der Waals surface area contributed by atoms with Crippen molar-refractivity contribution in [3.8, 4) is 6.07 Å². The molecule has 29 heavy (non-hydrogen) atoms. The van der Waals surface area contributed by atoms with Gasteiger partial charge in [-0.1, -0.05) is 6.07 Å². The van der Waals surface area contributed by atoms with Crippen LogP contribution in [0.1, 0.15) is 30.9 Å². The summed E-state index contributed by atoms with van der Waals surface area (Å²) in [6.07, 6.45) is -3.07. The molecule has 2 fully saturated rings. The number of aromatic nitrogens is 1. The van der Waals surface area contributed by atoms with E-state index < -0.39 is 27.7 Å². The average molecular weight is 426 g/mol. The predicted molar refractivity (Wildman–Crippen MR) is 104 cm³/mol. The number of aryl methyl sites for hydroxylation is 1. The van der Waals surface area contributed by atoms with Gasteiger partial charge in [0.2, 0.25) is 0 Å². The molecule has 1 aromatic heterocycles. The Bertz CT molecular complexity index is 1020. The van der Waals surface area contributed by atoms with E-state index in [-0.39, 0.29) is 0 Å². The van der Waals surface area contributed by atoms with Gasteiger partial charge in [-0.05, 0) is 31.9 Å². The van der Waals surface area contributed by atoms with Crippen molar-refractivity contribution in [2.45, 2.75) is 37.4 Å². The second-order valence-corrected chi connectivity index (χ2v) is 8.71. The molecule has 0 spiro atoms. The highest BCUT2D eigenvalue weighted by Gasteiger charge is 2.54. The lowest BCUT2D eigenvalue weighted by Crippen LogP contribution is -2.53. The zero-order valence-electron chi connectivity index (χ0n) is 15.9. The SMILES string of the molecule is CCn1c(N2CCN(C3(S(=O)O)CC3)CC2)c(C#N)c2ccc(C(F)(F)F)cc21. The van der Waals surface area contributed by atoms with Gasteiger partial charge in [0.05, 0.1) is 11.1 Å². The van der Waals surface area contributed by atoms with Crippen LogP contribution in [-0.2, 0) is 23.8 Å². The highest BCUT2D eigenvalue weighted by atomic mass is 32.2. The lowest BCUT2D eigenvalue weighted by Gasteiger charge is -2.39. The first-order valence-electron chi connectivity index (χ1n) is 9.47. The van der Waals surface area contributed by atoms with Crippen molar-refractivity contribution >= 4 is 27.8 Å². The average Bonchev–Trinajstić information content (AvgIpc) is 3.44. The molecule has 1 aliphatic heterocycles. The predicted octanol–water partition coefficient (Wildman–Crippen LogP) is 3.39. The Balaban J connectivity index is 1.71. The van der Waals surface area contributed by atoms with Gasteiger partial charge in [0.1, 0.15) is 22.3 Å². The van der Waals surface area contributed by atoms with Crippen molar-refractivity contribution in [1.82, 2.24) is 9.47 Å². The Labute approximate surface area is 168 Å². The van der Waals surface area contributed by atoms with Crippen LogP contribution in [0.15, 0.2) is 18.2 Å². The van der Waals surface area contributed by atoms with Gasteiger partial charge in [0, 0.05) is 38.1 Å². The Morgan fingerprint density at radius 2 is 1.90 bits per heavy atom. The van der Waals surface area contributed by atoms with E-state index in [9.17, 15) is 27.2 Å². The summed E-state index contributed by atoms with van der Waals surface area (Å²) in [5, 5.41) is 10.3. The molecule has 0 radical (unpaired) electrons. The van der Waals surface area contributed by atoms with Crippen molar-refractivity contribution in [2.24, 2.45) is 0 Å². The zero-order valence-corrected chi connectivity index (χ0v) is 16.7. The van der Waals surface area contributed by atoms with Gasteiger partial charge in [-0.3, -0.25) is 4.90 Å². The smallest absolute Gasteiger partial charge is 0.354 e. The van der Waals surface area contributed by atoms with Crippen molar-refractivity contribution in [1.29, 1.82) is 5.26 Å². The van der Waals surface area contributed by atoms with E-state index in [1.54, 1.807) is 4.57 Å². The molecule has 1 aromatic carbocycles. The molecular weight excluding hydrogens is 405 g/mol. The molecule has 1 unspecified atom stereocenters. The normalized spacial score (nSPS) is 20.6. The van der Waals surface area contributed by atoms with Gasteiger partial charge in [-0.2, -0.15) is 18.4 Å². The Morgan fingerprint density at radius 3 is 2.38 bits per heavy atom. The summed E-state index contributed by atoms with van der Waals surface area (Å²) in [5.74, 6) is 0.624. The van der Waals surface area contributed by atoms with E-state index in [0.29, 0.717) is 67.8 Å². The van der Waals surface area contributed by atoms with Crippen LogP contribution in [0.2, 0.25) is 0 Å². The highest BCUT2D eigenvalue weighted by molar-refractivity contribution is 7.81. The summed E-state index contributed by atoms with van der Waals surface area (Å²) in [6.45, 7) is 4.48. The van der Waals surface area contributed by atoms with E-state index in [1.165, 1.54) is 6.07 Å². The number of hydrogen-bond acceptors (Lipinski definition) is 4. The molecule has 0 amide bonds. The fourth-order valence-corrected chi connectivity index (χ4v) is 5.16. The van der Waals surface area contributed by atoms with E-state index >= 15 is 0 Å². The van der Waals surface area contributed by atoms with Gasteiger partial charge in [-0.25, -0.2) is 4.21 Å². The number of alkyl halides is 3. The molecule has 1 saturated carbocycles. The van der Waals surface area contributed by atoms with Crippen molar-refractivity contribution in [3.63, 3.8) is 0 Å². The maximum absolute atomic E-state index is 13.2. The van der Waals surface area contributed by atoms with Crippen LogP contribution in [0.3, 0.4) is 0 Å². The topological polar surface area (TPSA) is 72.5 Å². The minimum Gasteiger partial charge on any atom is -0.354 e. The molecular formula is C19H21F3N4O2S.